The zero-order valence-corrected chi connectivity index (χ0v) is 11.7. The highest BCUT2D eigenvalue weighted by atomic mass is 35.5. The summed E-state index contributed by atoms with van der Waals surface area (Å²) in [7, 11) is -2.86. The average molecular weight is 276 g/mol. The lowest BCUT2D eigenvalue weighted by atomic mass is 10.1. The molecule has 1 aromatic rings. The highest BCUT2D eigenvalue weighted by molar-refractivity contribution is 7.90. The molecule has 1 unspecified atom stereocenters. The van der Waals surface area contributed by atoms with Crippen LogP contribution in [0, 0.1) is 0 Å². The van der Waals surface area contributed by atoms with E-state index in [2.05, 4.69) is 5.32 Å². The van der Waals surface area contributed by atoms with Crippen LogP contribution < -0.4 is 5.32 Å². The summed E-state index contributed by atoms with van der Waals surface area (Å²) in [5, 5.41) is 4.00. The Kier molecular flexibility index (Phi) is 5.43. The van der Waals surface area contributed by atoms with Crippen molar-refractivity contribution in [1.29, 1.82) is 0 Å². The third-order valence-corrected chi connectivity index (χ3v) is 3.89. The van der Waals surface area contributed by atoms with Crippen LogP contribution in [0.1, 0.15) is 24.9 Å². The van der Waals surface area contributed by atoms with Gasteiger partial charge in [-0.3, -0.25) is 0 Å². The molecular formula is C12H18ClNO2S. The minimum atomic E-state index is -2.86. The summed E-state index contributed by atoms with van der Waals surface area (Å²) in [4.78, 5) is 0. The van der Waals surface area contributed by atoms with Gasteiger partial charge in [0.1, 0.15) is 9.84 Å². The van der Waals surface area contributed by atoms with E-state index < -0.39 is 9.84 Å². The molecule has 1 atom stereocenters. The molecular weight excluding hydrogens is 258 g/mol. The maximum atomic E-state index is 11.0. The Balaban J connectivity index is 2.41. The molecule has 17 heavy (non-hydrogen) atoms. The standard InChI is InChI=1S/C12H18ClNO2S/c1-10(11-6-3-4-7-12(11)13)14-8-5-9-17(2,15)16/h3-4,6-7,10,14H,5,8-9H2,1-2H3. The molecule has 0 aliphatic heterocycles. The number of nitrogens with one attached hydrogen (secondary N) is 1. The summed E-state index contributed by atoms with van der Waals surface area (Å²) in [5.74, 6) is 0.218. The van der Waals surface area contributed by atoms with Crippen LogP contribution in [0.15, 0.2) is 24.3 Å². The maximum Gasteiger partial charge on any atom is 0.147 e. The van der Waals surface area contributed by atoms with Crippen molar-refractivity contribution in [3.05, 3.63) is 34.9 Å². The molecule has 0 amide bonds. The summed E-state index contributed by atoms with van der Waals surface area (Å²) in [6, 6.07) is 7.78. The fourth-order valence-electron chi connectivity index (χ4n) is 1.59. The molecule has 0 heterocycles. The second-order valence-corrected chi connectivity index (χ2v) is 6.85. The zero-order chi connectivity index (χ0) is 12.9. The summed E-state index contributed by atoms with van der Waals surface area (Å²) in [6.07, 6.45) is 1.87. The number of benzene rings is 1. The van der Waals surface area contributed by atoms with Gasteiger partial charge in [-0.25, -0.2) is 8.42 Å². The van der Waals surface area contributed by atoms with Crippen LogP contribution in [0.25, 0.3) is 0 Å². The zero-order valence-electron chi connectivity index (χ0n) is 10.1. The van der Waals surface area contributed by atoms with E-state index in [9.17, 15) is 8.42 Å². The van der Waals surface area contributed by atoms with Gasteiger partial charge in [0.15, 0.2) is 0 Å². The molecule has 0 radical (unpaired) electrons. The maximum absolute atomic E-state index is 11.0. The Morgan fingerprint density at radius 1 is 1.35 bits per heavy atom. The molecule has 1 rings (SSSR count). The van der Waals surface area contributed by atoms with E-state index in [1.54, 1.807) is 0 Å². The van der Waals surface area contributed by atoms with Crippen LogP contribution in [0.3, 0.4) is 0 Å². The summed E-state index contributed by atoms with van der Waals surface area (Å²) in [6.45, 7) is 2.68. The molecule has 0 aliphatic carbocycles. The van der Waals surface area contributed by atoms with Crippen LogP contribution in [-0.2, 0) is 9.84 Å². The molecule has 1 N–H and O–H groups in total. The molecule has 0 saturated carbocycles. The van der Waals surface area contributed by atoms with Gasteiger partial charge in [-0.2, -0.15) is 0 Å². The van der Waals surface area contributed by atoms with Crippen LogP contribution in [-0.4, -0.2) is 27.0 Å². The number of rotatable bonds is 6. The number of hydrogen-bond acceptors (Lipinski definition) is 3. The van der Waals surface area contributed by atoms with Gasteiger partial charge in [-0.1, -0.05) is 29.8 Å². The first-order valence-electron chi connectivity index (χ1n) is 5.55. The van der Waals surface area contributed by atoms with E-state index >= 15 is 0 Å². The first-order chi connectivity index (χ1) is 7.90. The highest BCUT2D eigenvalue weighted by Crippen LogP contribution is 2.21. The second-order valence-electron chi connectivity index (χ2n) is 4.18. The monoisotopic (exact) mass is 275 g/mol. The fraction of sp³-hybridized carbons (Fsp3) is 0.500. The Hall–Kier alpha value is -0.580. The minimum Gasteiger partial charge on any atom is -0.310 e. The average Bonchev–Trinajstić information content (AvgIpc) is 2.23. The van der Waals surface area contributed by atoms with Crippen LogP contribution >= 0.6 is 11.6 Å². The van der Waals surface area contributed by atoms with Gasteiger partial charge >= 0.3 is 0 Å². The van der Waals surface area contributed by atoms with Crippen LogP contribution in [0.2, 0.25) is 5.02 Å². The normalized spacial score (nSPS) is 13.6. The number of sulfone groups is 1. The third kappa shape index (κ3) is 5.52. The van der Waals surface area contributed by atoms with Crippen LogP contribution in [0.5, 0.6) is 0 Å². The molecule has 96 valence electrons. The first kappa shape index (κ1) is 14.5. The van der Waals surface area contributed by atoms with Gasteiger partial charge in [0.25, 0.3) is 0 Å². The lowest BCUT2D eigenvalue weighted by Gasteiger charge is -2.15. The molecule has 1 aromatic carbocycles. The summed E-state index contributed by atoms with van der Waals surface area (Å²) < 4.78 is 21.9. The third-order valence-electron chi connectivity index (χ3n) is 2.51. The largest absolute Gasteiger partial charge is 0.310 e. The molecule has 5 heteroatoms. The van der Waals surface area contributed by atoms with Crippen molar-refractivity contribution in [2.24, 2.45) is 0 Å². The molecule has 0 bridgehead atoms. The highest BCUT2D eigenvalue weighted by Gasteiger charge is 2.08. The van der Waals surface area contributed by atoms with Crippen molar-refractivity contribution in [3.63, 3.8) is 0 Å². The Bertz CT molecular complexity index is 459. The molecule has 0 aromatic heterocycles. The van der Waals surface area contributed by atoms with Crippen molar-refractivity contribution < 1.29 is 8.42 Å². The van der Waals surface area contributed by atoms with Crippen molar-refractivity contribution in [2.45, 2.75) is 19.4 Å². The van der Waals surface area contributed by atoms with E-state index in [0.717, 1.165) is 10.6 Å². The van der Waals surface area contributed by atoms with Crippen molar-refractivity contribution in [3.8, 4) is 0 Å². The van der Waals surface area contributed by atoms with E-state index in [-0.39, 0.29) is 11.8 Å². The first-order valence-corrected chi connectivity index (χ1v) is 7.99. The summed E-state index contributed by atoms with van der Waals surface area (Å²) >= 11 is 6.07. The predicted molar refractivity (Wildman–Crippen MR) is 72.2 cm³/mol. The van der Waals surface area contributed by atoms with E-state index in [0.29, 0.717) is 13.0 Å². The lowest BCUT2D eigenvalue weighted by Crippen LogP contribution is -2.22. The Morgan fingerprint density at radius 3 is 2.59 bits per heavy atom. The van der Waals surface area contributed by atoms with Gasteiger partial charge in [0, 0.05) is 17.3 Å². The molecule has 0 fully saturated rings. The quantitative estimate of drug-likeness (QED) is 0.811. The minimum absolute atomic E-state index is 0.128. The van der Waals surface area contributed by atoms with Gasteiger partial charge in [0.2, 0.25) is 0 Å². The second kappa shape index (κ2) is 6.38. The number of halogens is 1. The summed E-state index contributed by atoms with van der Waals surface area (Å²) in [5.41, 5.74) is 1.04. The van der Waals surface area contributed by atoms with E-state index in [1.165, 1.54) is 6.26 Å². The van der Waals surface area contributed by atoms with E-state index in [1.807, 2.05) is 31.2 Å². The van der Waals surface area contributed by atoms with Gasteiger partial charge in [-0.05, 0) is 31.5 Å². The van der Waals surface area contributed by atoms with E-state index in [4.69, 9.17) is 11.6 Å². The SMILES string of the molecule is CC(NCCCS(C)(=O)=O)c1ccccc1Cl. The molecule has 3 nitrogen and oxygen atoms in total. The lowest BCUT2D eigenvalue weighted by molar-refractivity contribution is 0.562. The molecule has 0 spiro atoms. The molecule has 0 saturated heterocycles. The Labute approximate surface area is 108 Å². The van der Waals surface area contributed by atoms with Gasteiger partial charge < -0.3 is 5.32 Å². The van der Waals surface area contributed by atoms with Crippen molar-refractivity contribution in [1.82, 2.24) is 5.32 Å². The van der Waals surface area contributed by atoms with Crippen LogP contribution in [0.4, 0.5) is 0 Å². The predicted octanol–water partition coefficient (Wildman–Crippen LogP) is 2.43. The van der Waals surface area contributed by atoms with Crippen molar-refractivity contribution in [2.75, 3.05) is 18.6 Å². The van der Waals surface area contributed by atoms with Crippen molar-refractivity contribution >= 4 is 21.4 Å². The topological polar surface area (TPSA) is 46.2 Å². The Morgan fingerprint density at radius 2 is 2.00 bits per heavy atom. The number of hydrogen-bond donors (Lipinski definition) is 1. The smallest absolute Gasteiger partial charge is 0.147 e. The fourth-order valence-corrected chi connectivity index (χ4v) is 2.56. The van der Waals surface area contributed by atoms with Gasteiger partial charge in [0.05, 0.1) is 5.75 Å². The molecule has 0 aliphatic rings. The van der Waals surface area contributed by atoms with Gasteiger partial charge in [-0.15, -0.1) is 0 Å².